The molecule has 0 radical (unpaired) electrons. The number of unbranched alkanes of at least 4 members (excludes halogenated alkanes) is 1. The maximum absolute atomic E-state index is 13.1. The van der Waals surface area contributed by atoms with Crippen LogP contribution in [0.25, 0.3) is 5.69 Å². The summed E-state index contributed by atoms with van der Waals surface area (Å²) in [4.78, 5) is 27.5. The van der Waals surface area contributed by atoms with Crippen LogP contribution in [0.4, 0.5) is 10.6 Å². The lowest BCUT2D eigenvalue weighted by atomic mass is 9.92. The number of benzene rings is 2. The summed E-state index contributed by atoms with van der Waals surface area (Å²) >= 11 is 6.42. The first kappa shape index (κ1) is 26.3. The largest absolute Gasteiger partial charge is 0.334 e. The summed E-state index contributed by atoms with van der Waals surface area (Å²) in [6.45, 7) is 9.04. The lowest BCUT2D eigenvalue weighted by Gasteiger charge is -2.22. The van der Waals surface area contributed by atoms with Gasteiger partial charge in [-0.3, -0.25) is 4.79 Å². The standard InChI is InChI=1S/C27H34ClN5O2/c1-5-6-16-32(26(35)29-18-20-12-8-7-9-13-20)19-25(34)30-24-17-23(27(2,3)4)31-33(24)22-15-11-10-14-21(22)28/h7-15,17H,5-6,16,18-19H2,1-4H3,(H,29,35)(H,30,34). The number of carbonyl (C=O) groups excluding carboxylic acids is 2. The first-order chi connectivity index (χ1) is 16.7. The molecule has 186 valence electrons. The maximum atomic E-state index is 13.1. The summed E-state index contributed by atoms with van der Waals surface area (Å²) in [5.74, 6) is 0.206. The molecule has 0 bridgehead atoms. The molecule has 0 saturated heterocycles. The molecule has 3 amide bonds. The predicted molar refractivity (Wildman–Crippen MR) is 141 cm³/mol. The number of amides is 3. The second-order valence-electron chi connectivity index (χ2n) is 9.50. The zero-order valence-electron chi connectivity index (χ0n) is 20.8. The first-order valence-electron chi connectivity index (χ1n) is 11.9. The third-order valence-electron chi connectivity index (χ3n) is 5.52. The van der Waals surface area contributed by atoms with Crippen LogP contribution in [0.15, 0.2) is 60.7 Å². The average Bonchev–Trinajstić information content (AvgIpc) is 3.25. The molecule has 2 aromatic carbocycles. The molecule has 1 heterocycles. The molecule has 0 fully saturated rings. The minimum absolute atomic E-state index is 0.0703. The SMILES string of the molecule is CCCCN(CC(=O)Nc1cc(C(C)(C)C)nn1-c1ccccc1Cl)C(=O)NCc1ccccc1. The van der Waals surface area contributed by atoms with Gasteiger partial charge >= 0.3 is 6.03 Å². The van der Waals surface area contributed by atoms with Crippen LogP contribution in [-0.2, 0) is 16.8 Å². The Morgan fingerprint density at radius 1 is 1.06 bits per heavy atom. The minimum atomic E-state index is -0.301. The van der Waals surface area contributed by atoms with Gasteiger partial charge in [0.15, 0.2) is 0 Å². The Morgan fingerprint density at radius 3 is 2.40 bits per heavy atom. The van der Waals surface area contributed by atoms with Crippen molar-refractivity contribution in [1.82, 2.24) is 20.0 Å². The van der Waals surface area contributed by atoms with Crippen molar-refractivity contribution in [3.8, 4) is 5.69 Å². The van der Waals surface area contributed by atoms with E-state index in [1.165, 1.54) is 0 Å². The molecule has 35 heavy (non-hydrogen) atoms. The molecule has 8 heteroatoms. The molecule has 0 saturated carbocycles. The van der Waals surface area contributed by atoms with Gasteiger partial charge in [0.1, 0.15) is 12.4 Å². The summed E-state index contributed by atoms with van der Waals surface area (Å²) in [7, 11) is 0. The molecule has 3 rings (SSSR count). The Labute approximate surface area is 212 Å². The number of aromatic nitrogens is 2. The van der Waals surface area contributed by atoms with Crippen LogP contribution in [0.3, 0.4) is 0 Å². The molecule has 2 N–H and O–H groups in total. The Kier molecular flexibility index (Phi) is 8.93. The summed E-state index contributed by atoms with van der Waals surface area (Å²) in [6, 6.07) is 18.6. The van der Waals surface area contributed by atoms with Gasteiger partial charge in [0.05, 0.1) is 16.4 Å². The molecule has 0 aliphatic rings. The van der Waals surface area contributed by atoms with Crippen molar-refractivity contribution in [2.75, 3.05) is 18.4 Å². The number of para-hydroxylation sites is 1. The normalized spacial score (nSPS) is 11.2. The van der Waals surface area contributed by atoms with Crippen molar-refractivity contribution in [2.24, 2.45) is 0 Å². The fourth-order valence-electron chi connectivity index (χ4n) is 3.49. The summed E-state index contributed by atoms with van der Waals surface area (Å²) in [5.41, 5.74) is 2.26. The lowest BCUT2D eigenvalue weighted by molar-refractivity contribution is -0.116. The highest BCUT2D eigenvalue weighted by Gasteiger charge is 2.23. The van der Waals surface area contributed by atoms with Crippen molar-refractivity contribution < 1.29 is 9.59 Å². The van der Waals surface area contributed by atoms with Crippen LogP contribution < -0.4 is 10.6 Å². The maximum Gasteiger partial charge on any atom is 0.318 e. The van der Waals surface area contributed by atoms with Gasteiger partial charge in [0.2, 0.25) is 5.91 Å². The monoisotopic (exact) mass is 495 g/mol. The van der Waals surface area contributed by atoms with Gasteiger partial charge in [-0.2, -0.15) is 5.10 Å². The van der Waals surface area contributed by atoms with Crippen molar-refractivity contribution in [3.63, 3.8) is 0 Å². The topological polar surface area (TPSA) is 79.3 Å². The quantitative estimate of drug-likeness (QED) is 0.395. The number of rotatable bonds is 9. The van der Waals surface area contributed by atoms with Gasteiger partial charge in [-0.25, -0.2) is 9.48 Å². The smallest absolute Gasteiger partial charge is 0.318 e. The van der Waals surface area contributed by atoms with E-state index in [0.717, 1.165) is 24.1 Å². The number of anilines is 1. The van der Waals surface area contributed by atoms with E-state index in [2.05, 4.69) is 38.3 Å². The average molecular weight is 496 g/mol. The molecule has 3 aromatic rings. The second-order valence-corrected chi connectivity index (χ2v) is 9.90. The van der Waals surface area contributed by atoms with E-state index in [1.807, 2.05) is 54.6 Å². The third-order valence-corrected chi connectivity index (χ3v) is 5.84. The highest BCUT2D eigenvalue weighted by Crippen LogP contribution is 2.29. The molecule has 7 nitrogen and oxygen atoms in total. The zero-order chi connectivity index (χ0) is 25.4. The van der Waals surface area contributed by atoms with E-state index in [-0.39, 0.29) is 23.9 Å². The fourth-order valence-corrected chi connectivity index (χ4v) is 3.70. The summed E-state index contributed by atoms with van der Waals surface area (Å²) < 4.78 is 1.65. The van der Waals surface area contributed by atoms with E-state index in [9.17, 15) is 9.59 Å². The van der Waals surface area contributed by atoms with Gasteiger partial charge in [-0.15, -0.1) is 0 Å². The Morgan fingerprint density at radius 2 is 1.74 bits per heavy atom. The molecular weight excluding hydrogens is 462 g/mol. The van der Waals surface area contributed by atoms with Crippen molar-refractivity contribution in [1.29, 1.82) is 0 Å². The Hall–Kier alpha value is -3.32. The molecule has 0 atom stereocenters. The van der Waals surface area contributed by atoms with Gasteiger partial charge in [-0.1, -0.05) is 88.2 Å². The van der Waals surface area contributed by atoms with Crippen LogP contribution in [0.5, 0.6) is 0 Å². The second kappa shape index (κ2) is 11.9. The Balaban J connectivity index is 1.76. The predicted octanol–water partition coefficient (Wildman–Crippen LogP) is 5.77. The molecular formula is C27H34ClN5O2. The summed E-state index contributed by atoms with van der Waals surface area (Å²) in [6.07, 6.45) is 1.72. The van der Waals surface area contributed by atoms with E-state index >= 15 is 0 Å². The van der Waals surface area contributed by atoms with Crippen LogP contribution >= 0.6 is 11.6 Å². The highest BCUT2D eigenvalue weighted by molar-refractivity contribution is 6.32. The van der Waals surface area contributed by atoms with Crippen molar-refractivity contribution in [3.05, 3.63) is 76.9 Å². The fraction of sp³-hybridized carbons (Fsp3) is 0.370. The number of nitrogens with one attached hydrogen (secondary N) is 2. The van der Waals surface area contributed by atoms with E-state index in [4.69, 9.17) is 16.7 Å². The van der Waals surface area contributed by atoms with Crippen LogP contribution in [0.2, 0.25) is 5.02 Å². The van der Waals surface area contributed by atoms with Crippen LogP contribution in [-0.4, -0.2) is 39.7 Å². The van der Waals surface area contributed by atoms with E-state index < -0.39 is 0 Å². The number of halogens is 1. The van der Waals surface area contributed by atoms with Crippen molar-refractivity contribution >= 4 is 29.4 Å². The number of carbonyl (C=O) groups is 2. The van der Waals surface area contributed by atoms with Gasteiger partial charge < -0.3 is 15.5 Å². The van der Waals surface area contributed by atoms with E-state index in [0.29, 0.717) is 29.6 Å². The number of urea groups is 1. The lowest BCUT2D eigenvalue weighted by Crippen LogP contribution is -2.44. The van der Waals surface area contributed by atoms with Gasteiger partial charge in [-0.05, 0) is 24.1 Å². The minimum Gasteiger partial charge on any atom is -0.334 e. The van der Waals surface area contributed by atoms with Crippen LogP contribution in [0.1, 0.15) is 51.8 Å². The van der Waals surface area contributed by atoms with Crippen molar-refractivity contribution in [2.45, 2.75) is 52.5 Å². The van der Waals surface area contributed by atoms with E-state index in [1.54, 1.807) is 15.6 Å². The summed E-state index contributed by atoms with van der Waals surface area (Å²) in [5, 5.41) is 11.1. The molecule has 0 aliphatic carbocycles. The molecule has 0 spiro atoms. The van der Waals surface area contributed by atoms with Gasteiger partial charge in [0, 0.05) is 24.6 Å². The molecule has 0 aliphatic heterocycles. The first-order valence-corrected chi connectivity index (χ1v) is 12.3. The molecule has 0 unspecified atom stereocenters. The number of nitrogens with zero attached hydrogens (tertiary/aromatic N) is 3. The number of hydrogen-bond donors (Lipinski definition) is 2. The zero-order valence-corrected chi connectivity index (χ0v) is 21.6. The van der Waals surface area contributed by atoms with Crippen LogP contribution in [0, 0.1) is 0 Å². The third kappa shape index (κ3) is 7.33. The van der Waals surface area contributed by atoms with Gasteiger partial charge in [0.25, 0.3) is 0 Å². The highest BCUT2D eigenvalue weighted by atomic mass is 35.5. The Bertz CT molecular complexity index is 1140. The number of hydrogen-bond acceptors (Lipinski definition) is 3. The molecule has 1 aromatic heterocycles.